The van der Waals surface area contributed by atoms with E-state index in [0.717, 1.165) is 29.6 Å². The van der Waals surface area contributed by atoms with E-state index < -0.39 is 0 Å². The van der Waals surface area contributed by atoms with Gasteiger partial charge in [-0.25, -0.2) is 0 Å². The maximum absolute atomic E-state index is 7.50. The zero-order valence-electron chi connectivity index (χ0n) is 18.4. The smallest absolute Gasteiger partial charge is 0 e. The summed E-state index contributed by atoms with van der Waals surface area (Å²) in [5, 5.41) is 0. The van der Waals surface area contributed by atoms with Crippen molar-refractivity contribution in [3.8, 4) is 0 Å². The molecule has 0 atom stereocenters. The summed E-state index contributed by atoms with van der Waals surface area (Å²) in [7, 11) is 0. The fraction of sp³-hybridized carbons (Fsp3) is 0.909. The molecule has 3 aliphatic carbocycles. The Kier molecular flexibility index (Phi) is 42.7. The van der Waals surface area contributed by atoms with Gasteiger partial charge in [-0.05, 0) is 29.6 Å². The predicted octanol–water partition coefficient (Wildman–Crippen LogP) is 7.47. The van der Waals surface area contributed by atoms with Gasteiger partial charge in [0.25, 0.3) is 0 Å². The molecule has 3 saturated carbocycles. The van der Waals surface area contributed by atoms with Crippen molar-refractivity contribution in [2.24, 2.45) is 29.6 Å². The molecule has 6 heteroatoms. The first-order valence-corrected chi connectivity index (χ1v) is 11.1. The molecule has 3 rings (SSSR count). The van der Waals surface area contributed by atoms with Crippen molar-refractivity contribution in [1.29, 1.82) is 0 Å². The van der Waals surface area contributed by atoms with E-state index in [9.17, 15) is 0 Å². The second kappa shape index (κ2) is 30.3. The number of rotatable bonds is 0. The normalized spacial score (nSPS) is 28.7. The van der Waals surface area contributed by atoms with Crippen LogP contribution in [0, 0.1) is 42.9 Å². The maximum atomic E-state index is 7.50. The summed E-state index contributed by atoms with van der Waals surface area (Å²) in [4.78, 5) is 0. The van der Waals surface area contributed by atoms with Crippen LogP contribution >= 0.6 is 15.8 Å². The Morgan fingerprint density at radius 1 is 0.500 bits per heavy atom. The van der Waals surface area contributed by atoms with Crippen LogP contribution in [0.3, 0.4) is 0 Å². The molecule has 2 radical (unpaired) electrons. The molecule has 0 N–H and O–H groups in total. The van der Waals surface area contributed by atoms with Gasteiger partial charge >= 0.3 is 39.7 Å². The van der Waals surface area contributed by atoms with Crippen LogP contribution in [0.15, 0.2) is 0 Å². The molecule has 3 fully saturated rings. The van der Waals surface area contributed by atoms with Crippen LogP contribution in [-0.2, 0) is 43.4 Å². The predicted molar refractivity (Wildman–Crippen MR) is 115 cm³/mol. The second-order valence-electron chi connectivity index (χ2n) is 7.83. The Bertz CT molecular complexity index is 246. The van der Waals surface area contributed by atoms with E-state index >= 15 is 0 Å². The maximum Gasteiger partial charge on any atom is 2.00 e. The molecule has 0 aromatic heterocycles. The monoisotopic (exact) mass is 538 g/mol. The van der Waals surface area contributed by atoms with Crippen LogP contribution in [0.4, 0.5) is 0 Å². The molecule has 0 bridgehead atoms. The quantitative estimate of drug-likeness (QED) is 0.174. The van der Waals surface area contributed by atoms with Crippen molar-refractivity contribution < 1.29 is 43.4 Å². The van der Waals surface area contributed by atoms with Crippen molar-refractivity contribution in [3.63, 3.8) is 0 Å². The van der Waals surface area contributed by atoms with Gasteiger partial charge in [0.05, 0.1) is 0 Å². The summed E-state index contributed by atoms with van der Waals surface area (Å²) in [5.41, 5.74) is 0. The van der Waals surface area contributed by atoms with E-state index in [0.29, 0.717) is 0 Å². The van der Waals surface area contributed by atoms with Gasteiger partial charge < -0.3 is 0 Å². The third kappa shape index (κ3) is 19.1. The summed E-state index contributed by atoms with van der Waals surface area (Å²) < 4.78 is 15.0. The van der Waals surface area contributed by atoms with Gasteiger partial charge in [0.1, 0.15) is 0 Å². The van der Waals surface area contributed by atoms with E-state index in [-0.39, 0.29) is 34.1 Å². The van der Waals surface area contributed by atoms with Crippen molar-refractivity contribution in [3.05, 3.63) is 13.3 Å². The van der Waals surface area contributed by atoms with Gasteiger partial charge in [-0.2, -0.15) is 15.8 Å². The van der Waals surface area contributed by atoms with E-state index in [1.807, 2.05) is 0 Å². The zero-order valence-corrected chi connectivity index (χ0v) is 22.2. The van der Waals surface area contributed by atoms with Gasteiger partial charge in [-0.1, -0.05) is 98.8 Å². The Balaban J connectivity index is -0.0000000848. The fourth-order valence-corrected chi connectivity index (χ4v) is 4.16. The first-order chi connectivity index (χ1) is 12.6. The fourth-order valence-electron chi connectivity index (χ4n) is 4.16. The molecule has 3 aliphatic rings. The Labute approximate surface area is 206 Å². The SMILES string of the molecule is C1CCCC1.C1CCCC1.CC1C(C)C(C)C(C)C1C.[B]Br.[C-]#[O+].[C-]#[O+].[Fe+2].[Fe]. The summed E-state index contributed by atoms with van der Waals surface area (Å²) in [6.45, 7) is 25.3. The Morgan fingerprint density at radius 2 is 0.571 bits per heavy atom. The minimum Gasteiger partial charge on any atom is 0 e. The Morgan fingerprint density at radius 3 is 0.643 bits per heavy atom. The molecule has 0 heterocycles. The first-order valence-electron chi connectivity index (χ1n) is 10.2. The first kappa shape index (κ1) is 39.5. The minimum absolute atomic E-state index is 0. The molecule has 0 amide bonds. The molecule has 0 aliphatic heterocycles. The summed E-state index contributed by atoms with van der Waals surface area (Å²) in [6, 6.07) is 0. The number of halogens is 1. The van der Waals surface area contributed by atoms with Crippen LogP contribution in [-0.4, -0.2) is 6.67 Å². The average molecular weight is 539 g/mol. The Hall–Kier alpha value is 1.06. The number of hydrogen-bond acceptors (Lipinski definition) is 0. The molecular weight excluding hydrogens is 499 g/mol. The average Bonchev–Trinajstić information content (AvgIpc) is 3.50. The third-order valence-corrected chi connectivity index (χ3v) is 6.65. The zero-order chi connectivity index (χ0) is 21.0. The van der Waals surface area contributed by atoms with Crippen molar-refractivity contribution in [1.82, 2.24) is 0 Å². The van der Waals surface area contributed by atoms with Crippen LogP contribution in [0.25, 0.3) is 0 Å². The van der Waals surface area contributed by atoms with Crippen molar-refractivity contribution >= 4 is 22.4 Å². The van der Waals surface area contributed by atoms with Gasteiger partial charge in [0.15, 0.2) is 6.67 Å². The third-order valence-electron chi connectivity index (χ3n) is 6.65. The van der Waals surface area contributed by atoms with Crippen molar-refractivity contribution in [2.45, 2.75) is 98.8 Å². The van der Waals surface area contributed by atoms with Crippen LogP contribution in [0.2, 0.25) is 0 Å². The van der Waals surface area contributed by atoms with Crippen molar-refractivity contribution in [2.75, 3.05) is 0 Å². The molecule has 0 unspecified atom stereocenters. The van der Waals surface area contributed by atoms with E-state index in [4.69, 9.17) is 9.30 Å². The minimum atomic E-state index is 0. The van der Waals surface area contributed by atoms with Crippen LogP contribution in [0.1, 0.15) is 98.8 Å². The molecule has 28 heavy (non-hydrogen) atoms. The molecule has 0 spiro atoms. The van der Waals surface area contributed by atoms with Crippen LogP contribution < -0.4 is 0 Å². The summed E-state index contributed by atoms with van der Waals surface area (Å²) >= 11 is 2.44. The van der Waals surface area contributed by atoms with E-state index in [1.165, 1.54) is 64.2 Å². The van der Waals surface area contributed by atoms with Gasteiger partial charge in [-0.3, -0.25) is 0 Å². The van der Waals surface area contributed by atoms with Crippen LogP contribution in [0.5, 0.6) is 0 Å². The number of hydrogen-bond donors (Lipinski definition) is 0. The molecule has 0 aromatic rings. The topological polar surface area (TPSA) is 39.8 Å². The largest absolute Gasteiger partial charge is 2.00 e. The molecular formula is C22H40BBrFe2O2+2. The summed E-state index contributed by atoms with van der Waals surface area (Å²) in [6.07, 6.45) is 15.0. The summed E-state index contributed by atoms with van der Waals surface area (Å²) in [5.74, 6) is 4.68. The second-order valence-corrected chi connectivity index (χ2v) is 7.83. The van der Waals surface area contributed by atoms with Gasteiger partial charge in [-0.15, -0.1) is 0 Å². The molecule has 164 valence electrons. The standard InChI is InChI=1S/C10H20.2C5H10.2CO.BBr.2Fe/c1-6-7(2)9(4)10(5)8(6)3;2*1-2-4-5-3-1;3*1-2;;/h6-10H,1-5H3;2*1-5H2;;;;;/q;;;;;;;+2. The van der Waals surface area contributed by atoms with E-state index in [1.54, 1.807) is 0 Å². The van der Waals surface area contributed by atoms with E-state index in [2.05, 4.69) is 70.3 Å². The molecule has 0 aromatic carbocycles. The molecule has 2 nitrogen and oxygen atoms in total. The van der Waals surface area contributed by atoms with Gasteiger partial charge in [0.2, 0.25) is 0 Å². The molecule has 0 saturated heterocycles. The van der Waals surface area contributed by atoms with Gasteiger partial charge in [0, 0.05) is 17.1 Å².